The SMILES string of the molecule is CC(C)c1cccc2sc(N3CCN(C(=O)C4CCCN(S(=O)(=O)c5ccc(Cl)cc5)C4)CC3)nc12. The minimum atomic E-state index is -3.65. The van der Waals surface area contributed by atoms with E-state index in [1.165, 1.54) is 26.7 Å². The number of amides is 1. The third-order valence-electron chi connectivity index (χ3n) is 7.11. The molecule has 192 valence electrons. The molecule has 0 spiro atoms. The number of thiazole rings is 1. The first-order valence-electron chi connectivity index (χ1n) is 12.4. The Morgan fingerprint density at radius 2 is 1.78 bits per heavy atom. The molecule has 7 nitrogen and oxygen atoms in total. The van der Waals surface area contributed by atoms with E-state index in [2.05, 4.69) is 36.9 Å². The highest BCUT2D eigenvalue weighted by Crippen LogP contribution is 2.34. The molecule has 0 aliphatic carbocycles. The van der Waals surface area contributed by atoms with Gasteiger partial charge in [0.2, 0.25) is 15.9 Å². The molecule has 1 atom stereocenters. The molecular weight excluding hydrogens is 516 g/mol. The highest BCUT2D eigenvalue weighted by atomic mass is 35.5. The molecule has 2 aromatic carbocycles. The minimum Gasteiger partial charge on any atom is -0.345 e. The van der Waals surface area contributed by atoms with Crippen LogP contribution in [-0.4, -0.2) is 67.8 Å². The summed E-state index contributed by atoms with van der Waals surface area (Å²) >= 11 is 7.63. The van der Waals surface area contributed by atoms with E-state index in [0.717, 1.165) is 23.7 Å². The van der Waals surface area contributed by atoms with Gasteiger partial charge in [-0.15, -0.1) is 0 Å². The summed E-state index contributed by atoms with van der Waals surface area (Å²) in [5.41, 5.74) is 2.34. The third kappa shape index (κ3) is 4.98. The van der Waals surface area contributed by atoms with E-state index in [9.17, 15) is 13.2 Å². The van der Waals surface area contributed by atoms with E-state index in [0.29, 0.717) is 43.4 Å². The summed E-state index contributed by atoms with van der Waals surface area (Å²) in [6, 6.07) is 12.6. The predicted molar refractivity (Wildman–Crippen MR) is 145 cm³/mol. The van der Waals surface area contributed by atoms with Crippen LogP contribution in [0.1, 0.15) is 38.2 Å². The number of para-hydroxylation sites is 1. The van der Waals surface area contributed by atoms with Crippen molar-refractivity contribution in [2.75, 3.05) is 44.2 Å². The van der Waals surface area contributed by atoms with Crippen molar-refractivity contribution in [3.63, 3.8) is 0 Å². The summed E-state index contributed by atoms with van der Waals surface area (Å²) in [7, 11) is -3.65. The van der Waals surface area contributed by atoms with Crippen LogP contribution in [0.3, 0.4) is 0 Å². The quantitative estimate of drug-likeness (QED) is 0.458. The molecule has 2 aliphatic heterocycles. The van der Waals surface area contributed by atoms with Gasteiger partial charge in [0, 0.05) is 44.3 Å². The molecule has 2 fully saturated rings. The van der Waals surface area contributed by atoms with Crippen molar-refractivity contribution >= 4 is 54.2 Å². The molecule has 0 bridgehead atoms. The van der Waals surface area contributed by atoms with Crippen LogP contribution in [0.25, 0.3) is 10.2 Å². The van der Waals surface area contributed by atoms with Crippen LogP contribution in [0, 0.1) is 5.92 Å². The van der Waals surface area contributed by atoms with Gasteiger partial charge in [0.05, 0.1) is 21.0 Å². The lowest BCUT2D eigenvalue weighted by Crippen LogP contribution is -2.53. The smallest absolute Gasteiger partial charge is 0.243 e. The Bertz CT molecular complexity index is 1350. The highest BCUT2D eigenvalue weighted by Gasteiger charge is 2.36. The maximum absolute atomic E-state index is 13.4. The Morgan fingerprint density at radius 3 is 2.47 bits per heavy atom. The molecule has 0 radical (unpaired) electrons. The molecule has 3 heterocycles. The number of carbonyl (C=O) groups excluding carboxylic acids is 1. The number of aromatic nitrogens is 1. The molecule has 0 N–H and O–H groups in total. The third-order valence-corrected chi connectivity index (χ3v) is 10.3. The van der Waals surface area contributed by atoms with Gasteiger partial charge in [-0.05, 0) is 54.7 Å². The first kappa shape index (κ1) is 25.4. The average molecular weight is 547 g/mol. The van der Waals surface area contributed by atoms with Crippen LogP contribution in [0.15, 0.2) is 47.4 Å². The molecule has 3 aromatic rings. The summed E-state index contributed by atoms with van der Waals surface area (Å²) in [6.45, 7) is 7.71. The number of rotatable bonds is 5. The van der Waals surface area contributed by atoms with Gasteiger partial charge in [0.15, 0.2) is 5.13 Å². The number of anilines is 1. The van der Waals surface area contributed by atoms with Crippen LogP contribution in [0.4, 0.5) is 5.13 Å². The number of fused-ring (bicyclic) bond motifs is 1. The van der Waals surface area contributed by atoms with E-state index < -0.39 is 10.0 Å². The number of hydrogen-bond acceptors (Lipinski definition) is 6. The molecule has 2 saturated heterocycles. The number of benzene rings is 2. The molecule has 5 rings (SSSR count). The standard InChI is InChI=1S/C26H31ClN4O3S2/c1-18(2)22-6-3-7-23-24(22)28-26(35-23)30-15-13-29(14-16-30)25(32)19-5-4-12-31(17-19)36(33,34)21-10-8-20(27)9-11-21/h3,6-11,18-19H,4-5,12-17H2,1-2H3. The second-order valence-electron chi connectivity index (χ2n) is 9.81. The Hall–Kier alpha value is -2.20. The van der Waals surface area contributed by atoms with E-state index in [1.54, 1.807) is 23.5 Å². The van der Waals surface area contributed by atoms with Crippen molar-refractivity contribution < 1.29 is 13.2 Å². The zero-order chi connectivity index (χ0) is 25.4. The number of halogens is 1. The van der Waals surface area contributed by atoms with Crippen LogP contribution in [-0.2, 0) is 14.8 Å². The molecule has 0 saturated carbocycles. The fourth-order valence-corrected chi connectivity index (χ4v) is 7.76. The summed E-state index contributed by atoms with van der Waals surface area (Å²) in [5.74, 6) is 0.150. The Kier molecular flexibility index (Phi) is 7.27. The summed E-state index contributed by atoms with van der Waals surface area (Å²) in [5, 5.41) is 1.49. The van der Waals surface area contributed by atoms with Crippen molar-refractivity contribution in [2.24, 2.45) is 5.92 Å². The first-order valence-corrected chi connectivity index (χ1v) is 15.1. The topological polar surface area (TPSA) is 73.8 Å². The van der Waals surface area contributed by atoms with E-state index in [1.807, 2.05) is 4.90 Å². The van der Waals surface area contributed by atoms with Gasteiger partial charge in [-0.3, -0.25) is 4.79 Å². The van der Waals surface area contributed by atoms with Gasteiger partial charge in [0.1, 0.15) is 0 Å². The second kappa shape index (κ2) is 10.3. The molecule has 1 aromatic heterocycles. The first-order chi connectivity index (χ1) is 17.2. The number of piperidine rings is 1. The monoisotopic (exact) mass is 546 g/mol. The Labute approximate surface area is 221 Å². The summed E-state index contributed by atoms with van der Waals surface area (Å²) in [4.78, 5) is 22.7. The van der Waals surface area contributed by atoms with E-state index >= 15 is 0 Å². The highest BCUT2D eigenvalue weighted by molar-refractivity contribution is 7.89. The van der Waals surface area contributed by atoms with E-state index in [-0.39, 0.29) is 23.3 Å². The number of hydrogen-bond donors (Lipinski definition) is 0. The predicted octanol–water partition coefficient (Wildman–Crippen LogP) is 4.82. The van der Waals surface area contributed by atoms with Crippen molar-refractivity contribution in [2.45, 2.75) is 37.5 Å². The number of carbonyl (C=O) groups is 1. The number of nitrogens with zero attached hydrogens (tertiary/aromatic N) is 4. The largest absolute Gasteiger partial charge is 0.345 e. The fraction of sp³-hybridized carbons (Fsp3) is 0.462. The van der Waals surface area contributed by atoms with Gasteiger partial charge in [-0.2, -0.15) is 4.31 Å². The van der Waals surface area contributed by atoms with Crippen LogP contribution in [0.5, 0.6) is 0 Å². The molecular formula is C26H31ClN4O3S2. The molecule has 36 heavy (non-hydrogen) atoms. The second-order valence-corrected chi connectivity index (χ2v) is 13.2. The number of sulfonamides is 1. The van der Waals surface area contributed by atoms with E-state index in [4.69, 9.17) is 16.6 Å². The maximum atomic E-state index is 13.4. The lowest BCUT2D eigenvalue weighted by molar-refractivity contribution is -0.137. The zero-order valence-electron chi connectivity index (χ0n) is 20.6. The maximum Gasteiger partial charge on any atom is 0.243 e. The lowest BCUT2D eigenvalue weighted by atomic mass is 9.98. The van der Waals surface area contributed by atoms with Crippen LogP contribution < -0.4 is 4.90 Å². The van der Waals surface area contributed by atoms with Crippen molar-refractivity contribution in [1.82, 2.24) is 14.2 Å². The zero-order valence-corrected chi connectivity index (χ0v) is 22.9. The molecule has 1 amide bonds. The van der Waals surface area contributed by atoms with Gasteiger partial charge in [-0.25, -0.2) is 13.4 Å². The van der Waals surface area contributed by atoms with Crippen LogP contribution >= 0.6 is 22.9 Å². The summed E-state index contributed by atoms with van der Waals surface area (Å²) in [6.07, 6.45) is 1.38. The van der Waals surface area contributed by atoms with Crippen LogP contribution in [0.2, 0.25) is 5.02 Å². The molecule has 10 heteroatoms. The van der Waals surface area contributed by atoms with Crippen molar-refractivity contribution in [3.8, 4) is 0 Å². The minimum absolute atomic E-state index is 0.0528. The van der Waals surface area contributed by atoms with Gasteiger partial charge in [0.25, 0.3) is 0 Å². The average Bonchev–Trinajstić information content (AvgIpc) is 3.33. The number of piperazine rings is 1. The molecule has 1 unspecified atom stereocenters. The summed E-state index contributed by atoms with van der Waals surface area (Å²) < 4.78 is 28.9. The van der Waals surface area contributed by atoms with Gasteiger partial charge in [-0.1, -0.05) is 48.9 Å². The van der Waals surface area contributed by atoms with Crippen molar-refractivity contribution in [1.29, 1.82) is 0 Å². The fourth-order valence-electron chi connectivity index (χ4n) is 5.05. The normalized spacial score (nSPS) is 19.8. The Morgan fingerprint density at radius 1 is 1.06 bits per heavy atom. The lowest BCUT2D eigenvalue weighted by Gasteiger charge is -2.38. The van der Waals surface area contributed by atoms with Crippen molar-refractivity contribution in [3.05, 3.63) is 53.1 Å². The molecule has 2 aliphatic rings. The van der Waals surface area contributed by atoms with Gasteiger partial charge >= 0.3 is 0 Å². The Balaban J connectivity index is 1.23. The van der Waals surface area contributed by atoms with Gasteiger partial charge < -0.3 is 9.80 Å².